The second kappa shape index (κ2) is 9.87. The molecule has 1 N–H and O–H groups in total. The highest BCUT2D eigenvalue weighted by atomic mass is 35.5. The van der Waals surface area contributed by atoms with Gasteiger partial charge in [0.15, 0.2) is 0 Å². The molecular formula is C11H22ClNO3. The van der Waals surface area contributed by atoms with Gasteiger partial charge in [0.25, 0.3) is 0 Å². The van der Waals surface area contributed by atoms with E-state index in [4.69, 9.17) is 16.3 Å². The van der Waals surface area contributed by atoms with Gasteiger partial charge in [-0.15, -0.1) is 11.6 Å². The Morgan fingerprint density at radius 1 is 1.38 bits per heavy atom. The first-order valence-electron chi connectivity index (χ1n) is 5.58. The Bertz CT molecular complexity index is 188. The highest BCUT2D eigenvalue weighted by molar-refractivity contribution is 6.30. The Hall–Kier alpha value is -0.320. The smallest absolute Gasteiger partial charge is 0.325 e. The molecule has 0 bridgehead atoms. The van der Waals surface area contributed by atoms with Gasteiger partial charge in [0.05, 0.1) is 13.7 Å². The van der Waals surface area contributed by atoms with Crippen LogP contribution >= 0.6 is 11.6 Å². The minimum atomic E-state index is -0.624. The van der Waals surface area contributed by atoms with E-state index in [1.54, 1.807) is 0 Å². The van der Waals surface area contributed by atoms with E-state index in [1.165, 1.54) is 7.11 Å². The Morgan fingerprint density at radius 2 is 2.06 bits per heavy atom. The predicted molar refractivity (Wildman–Crippen MR) is 64.8 cm³/mol. The van der Waals surface area contributed by atoms with Crippen LogP contribution in [-0.2, 0) is 14.3 Å². The van der Waals surface area contributed by atoms with Crippen molar-refractivity contribution in [3.8, 4) is 0 Å². The number of carbonyl (C=O) groups excluding carboxylic acids is 1. The van der Waals surface area contributed by atoms with Gasteiger partial charge in [-0.05, 0) is 12.3 Å². The monoisotopic (exact) mass is 251 g/mol. The first-order chi connectivity index (χ1) is 7.57. The van der Waals surface area contributed by atoms with Gasteiger partial charge >= 0.3 is 5.97 Å². The summed E-state index contributed by atoms with van der Waals surface area (Å²) in [4.78, 5) is 10.9. The van der Waals surface area contributed by atoms with Crippen molar-refractivity contribution in [1.29, 1.82) is 0 Å². The highest BCUT2D eigenvalue weighted by Gasteiger charge is 2.14. The largest absolute Gasteiger partial charge is 0.468 e. The molecule has 0 aromatic carbocycles. The van der Waals surface area contributed by atoms with Crippen LogP contribution in [0.1, 0.15) is 20.3 Å². The topological polar surface area (TPSA) is 47.6 Å². The molecule has 0 rings (SSSR count). The summed E-state index contributed by atoms with van der Waals surface area (Å²) in [5.74, 6) is 0.259. The van der Waals surface area contributed by atoms with Crippen molar-refractivity contribution in [2.24, 2.45) is 5.92 Å². The maximum absolute atomic E-state index is 10.9. The van der Waals surface area contributed by atoms with E-state index in [0.29, 0.717) is 25.6 Å². The first-order valence-corrected chi connectivity index (χ1v) is 6.02. The SMILES string of the molecule is COC(=O)C(Cl)CNCCOCCC(C)C. The van der Waals surface area contributed by atoms with Crippen LogP contribution in [0, 0.1) is 5.92 Å². The summed E-state index contributed by atoms with van der Waals surface area (Å²) in [5.41, 5.74) is 0. The van der Waals surface area contributed by atoms with Crippen LogP contribution in [-0.4, -0.2) is 44.8 Å². The van der Waals surface area contributed by atoms with Crippen molar-refractivity contribution in [3.05, 3.63) is 0 Å². The first kappa shape index (κ1) is 15.7. The fraction of sp³-hybridized carbons (Fsp3) is 0.909. The number of alkyl halides is 1. The summed E-state index contributed by atoms with van der Waals surface area (Å²) >= 11 is 5.74. The van der Waals surface area contributed by atoms with E-state index < -0.39 is 11.3 Å². The standard InChI is InChI=1S/C11H22ClNO3/c1-9(2)4-6-16-7-5-13-8-10(12)11(14)15-3/h9-10,13H,4-8H2,1-3H3. The van der Waals surface area contributed by atoms with E-state index >= 15 is 0 Å². The Balaban J connectivity index is 3.24. The van der Waals surface area contributed by atoms with E-state index in [1.807, 2.05) is 0 Å². The van der Waals surface area contributed by atoms with Gasteiger partial charge in [-0.25, -0.2) is 0 Å². The molecule has 0 spiro atoms. The summed E-state index contributed by atoms with van der Waals surface area (Å²) < 4.78 is 9.88. The molecule has 96 valence electrons. The van der Waals surface area contributed by atoms with E-state index in [9.17, 15) is 4.79 Å². The molecule has 0 aliphatic heterocycles. The molecule has 0 aliphatic carbocycles. The normalized spacial score (nSPS) is 12.8. The van der Waals surface area contributed by atoms with Crippen LogP contribution in [0.4, 0.5) is 0 Å². The molecule has 0 heterocycles. The minimum absolute atomic E-state index is 0.405. The molecule has 0 fully saturated rings. The third kappa shape index (κ3) is 8.95. The van der Waals surface area contributed by atoms with Gasteiger partial charge in [0, 0.05) is 19.7 Å². The Morgan fingerprint density at radius 3 is 2.62 bits per heavy atom. The molecule has 16 heavy (non-hydrogen) atoms. The third-order valence-corrected chi connectivity index (χ3v) is 2.38. The lowest BCUT2D eigenvalue weighted by molar-refractivity contribution is -0.140. The summed E-state index contributed by atoms with van der Waals surface area (Å²) in [6, 6.07) is 0. The number of nitrogens with one attached hydrogen (secondary N) is 1. The van der Waals surface area contributed by atoms with Crippen LogP contribution in [0.2, 0.25) is 0 Å². The Kier molecular flexibility index (Phi) is 9.68. The number of ether oxygens (including phenoxy) is 2. The molecule has 1 unspecified atom stereocenters. The Labute approximate surface area is 103 Å². The van der Waals surface area contributed by atoms with Crippen molar-refractivity contribution in [1.82, 2.24) is 5.32 Å². The number of hydrogen-bond acceptors (Lipinski definition) is 4. The lowest BCUT2D eigenvalue weighted by atomic mass is 10.1. The number of halogens is 1. The fourth-order valence-corrected chi connectivity index (χ4v) is 1.20. The maximum Gasteiger partial charge on any atom is 0.325 e. The second-order valence-corrected chi connectivity index (χ2v) is 4.52. The van der Waals surface area contributed by atoms with Gasteiger partial charge in [-0.1, -0.05) is 13.8 Å². The molecular weight excluding hydrogens is 230 g/mol. The third-order valence-electron chi connectivity index (χ3n) is 2.04. The molecule has 0 saturated carbocycles. The minimum Gasteiger partial charge on any atom is -0.468 e. The number of methoxy groups -OCH3 is 1. The van der Waals surface area contributed by atoms with Crippen molar-refractivity contribution >= 4 is 17.6 Å². The predicted octanol–water partition coefficient (Wildman–Crippen LogP) is 1.42. The van der Waals surface area contributed by atoms with Gasteiger partial charge in [0.2, 0.25) is 0 Å². The van der Waals surface area contributed by atoms with Crippen LogP contribution in [0.25, 0.3) is 0 Å². The molecule has 0 aromatic rings. The van der Waals surface area contributed by atoms with Crippen LogP contribution in [0.5, 0.6) is 0 Å². The second-order valence-electron chi connectivity index (χ2n) is 3.99. The van der Waals surface area contributed by atoms with E-state index in [0.717, 1.165) is 13.0 Å². The van der Waals surface area contributed by atoms with Crippen molar-refractivity contribution in [2.45, 2.75) is 25.6 Å². The van der Waals surface area contributed by atoms with E-state index in [2.05, 4.69) is 23.9 Å². The van der Waals surface area contributed by atoms with Crippen LogP contribution < -0.4 is 5.32 Å². The molecule has 1 atom stereocenters. The maximum atomic E-state index is 10.9. The van der Waals surface area contributed by atoms with Crippen molar-refractivity contribution in [3.63, 3.8) is 0 Å². The number of carbonyl (C=O) groups is 1. The lowest BCUT2D eigenvalue weighted by Gasteiger charge is -2.09. The lowest BCUT2D eigenvalue weighted by Crippen LogP contribution is -2.32. The molecule has 0 radical (unpaired) electrons. The molecule has 0 saturated heterocycles. The zero-order valence-corrected chi connectivity index (χ0v) is 11.0. The van der Waals surface area contributed by atoms with Gasteiger partial charge < -0.3 is 14.8 Å². The van der Waals surface area contributed by atoms with Crippen molar-refractivity contribution in [2.75, 3.05) is 33.4 Å². The van der Waals surface area contributed by atoms with Crippen LogP contribution in [0.15, 0.2) is 0 Å². The molecule has 0 aromatic heterocycles. The number of hydrogen-bond donors (Lipinski definition) is 1. The molecule has 4 nitrogen and oxygen atoms in total. The summed E-state index contributed by atoms with van der Waals surface area (Å²) in [7, 11) is 1.33. The number of rotatable bonds is 9. The summed E-state index contributed by atoms with van der Waals surface area (Å²) in [6.07, 6.45) is 1.07. The zero-order chi connectivity index (χ0) is 12.4. The number of esters is 1. The average Bonchev–Trinajstić information content (AvgIpc) is 2.25. The molecule has 5 heteroatoms. The van der Waals surface area contributed by atoms with Crippen LogP contribution in [0.3, 0.4) is 0 Å². The zero-order valence-electron chi connectivity index (χ0n) is 10.3. The fourth-order valence-electron chi connectivity index (χ4n) is 1.01. The van der Waals surface area contributed by atoms with Gasteiger partial charge in [0.1, 0.15) is 5.38 Å². The quantitative estimate of drug-likeness (QED) is 0.383. The average molecular weight is 252 g/mol. The summed E-state index contributed by atoms with van der Waals surface area (Å²) in [6.45, 7) is 6.84. The van der Waals surface area contributed by atoms with Crippen molar-refractivity contribution < 1.29 is 14.3 Å². The van der Waals surface area contributed by atoms with Gasteiger partial charge in [-0.3, -0.25) is 4.79 Å². The molecule has 0 amide bonds. The summed E-state index contributed by atoms with van der Waals surface area (Å²) in [5, 5.41) is 2.41. The molecule has 0 aliphatic rings. The van der Waals surface area contributed by atoms with Gasteiger partial charge in [-0.2, -0.15) is 0 Å². The van der Waals surface area contributed by atoms with E-state index in [-0.39, 0.29) is 0 Å². The highest BCUT2D eigenvalue weighted by Crippen LogP contribution is 1.98.